The summed E-state index contributed by atoms with van der Waals surface area (Å²) in [5.74, 6) is -1.16. The summed E-state index contributed by atoms with van der Waals surface area (Å²) in [6.45, 7) is 7.78. The predicted molar refractivity (Wildman–Crippen MR) is 165 cm³/mol. The molecule has 2 aliphatic carbocycles. The first-order chi connectivity index (χ1) is 20.6. The first-order valence-corrected chi connectivity index (χ1v) is 15.2. The smallest absolute Gasteiger partial charge is 0.323 e. The van der Waals surface area contributed by atoms with Crippen LogP contribution < -0.4 is 9.47 Å². The summed E-state index contributed by atoms with van der Waals surface area (Å²) in [6.07, 6.45) is 1.55. The number of methoxy groups -OCH3 is 1. The third-order valence-corrected chi connectivity index (χ3v) is 9.02. The standard InChI is InChI=1S/C33H35BrN2O8/c1-32(2)12-22-29(24(37)14-32)28(30-23(35(22)16-27(39)40)13-33(3,4)15-25(30)38)19-10-21(34)31(26(11-19)43-5)44-17-18-6-8-20(9-7-18)36(41)42/h6-11,28H,12-17H2,1-5H3,(H,39,40). The van der Waals surface area contributed by atoms with Gasteiger partial charge >= 0.3 is 5.97 Å². The average molecular weight is 668 g/mol. The van der Waals surface area contributed by atoms with Gasteiger partial charge in [-0.05, 0) is 75.0 Å². The lowest BCUT2D eigenvalue weighted by atomic mass is 9.63. The summed E-state index contributed by atoms with van der Waals surface area (Å²) in [7, 11) is 1.50. The van der Waals surface area contributed by atoms with Crippen LogP contribution in [0.4, 0.5) is 5.69 Å². The first-order valence-electron chi connectivity index (χ1n) is 14.4. The second-order valence-electron chi connectivity index (χ2n) is 13.3. The van der Waals surface area contributed by atoms with Gasteiger partial charge in [0.2, 0.25) is 0 Å². The van der Waals surface area contributed by atoms with Gasteiger partial charge < -0.3 is 19.5 Å². The van der Waals surface area contributed by atoms with Crippen molar-refractivity contribution in [3.05, 3.63) is 84.7 Å². The van der Waals surface area contributed by atoms with Gasteiger partial charge in [-0.2, -0.15) is 0 Å². The molecule has 0 saturated heterocycles. The summed E-state index contributed by atoms with van der Waals surface area (Å²) >= 11 is 3.61. The number of aliphatic carboxylic acids is 1. The second kappa shape index (κ2) is 11.5. The van der Waals surface area contributed by atoms with Crippen LogP contribution in [0, 0.1) is 20.9 Å². The highest BCUT2D eigenvalue weighted by Gasteiger charge is 2.49. The zero-order chi connectivity index (χ0) is 32.1. The first kappa shape index (κ1) is 31.4. The van der Waals surface area contributed by atoms with Crippen LogP contribution in [0.15, 0.2) is 63.4 Å². The molecule has 10 nitrogen and oxygen atoms in total. The Morgan fingerprint density at radius 3 is 2.02 bits per heavy atom. The number of nitro groups is 1. The van der Waals surface area contributed by atoms with Crippen molar-refractivity contribution in [2.24, 2.45) is 10.8 Å². The predicted octanol–water partition coefficient (Wildman–Crippen LogP) is 6.72. The summed E-state index contributed by atoms with van der Waals surface area (Å²) in [5, 5.41) is 20.9. The number of nitro benzene ring substituents is 1. The number of hydrogen-bond acceptors (Lipinski definition) is 8. The molecule has 2 aromatic rings. The highest BCUT2D eigenvalue weighted by Crippen LogP contribution is 2.55. The molecule has 11 heteroatoms. The fourth-order valence-corrected chi connectivity index (χ4v) is 7.20. The minimum absolute atomic E-state index is 0.0186. The van der Waals surface area contributed by atoms with E-state index in [2.05, 4.69) is 15.9 Å². The molecule has 0 unspecified atom stereocenters. The molecule has 1 aliphatic heterocycles. The quantitative estimate of drug-likeness (QED) is 0.241. The number of allylic oxidation sites excluding steroid dienone is 4. The van der Waals surface area contributed by atoms with Crippen molar-refractivity contribution in [2.75, 3.05) is 13.7 Å². The molecule has 44 heavy (non-hydrogen) atoms. The van der Waals surface area contributed by atoms with Gasteiger partial charge in [-0.25, -0.2) is 0 Å². The molecule has 0 fully saturated rings. The molecule has 0 amide bonds. The summed E-state index contributed by atoms with van der Waals surface area (Å²) < 4.78 is 12.4. The Balaban J connectivity index is 1.62. The molecule has 0 radical (unpaired) electrons. The van der Waals surface area contributed by atoms with Gasteiger partial charge in [0.15, 0.2) is 23.1 Å². The largest absolute Gasteiger partial charge is 0.493 e. The minimum Gasteiger partial charge on any atom is -0.493 e. The van der Waals surface area contributed by atoms with E-state index in [-0.39, 0.29) is 54.1 Å². The fourth-order valence-electron chi connectivity index (χ4n) is 6.62. The molecular formula is C33H35BrN2O8. The monoisotopic (exact) mass is 666 g/mol. The van der Waals surface area contributed by atoms with Crippen LogP contribution in [0.2, 0.25) is 0 Å². The van der Waals surface area contributed by atoms with Crippen molar-refractivity contribution in [3.8, 4) is 11.5 Å². The van der Waals surface area contributed by atoms with Crippen molar-refractivity contribution in [2.45, 2.75) is 65.9 Å². The lowest BCUT2D eigenvalue weighted by molar-refractivity contribution is -0.384. The number of benzene rings is 2. The fraction of sp³-hybridized carbons (Fsp3) is 0.424. The van der Waals surface area contributed by atoms with Crippen molar-refractivity contribution < 1.29 is 33.9 Å². The molecule has 0 bridgehead atoms. The van der Waals surface area contributed by atoms with E-state index in [1.54, 1.807) is 23.1 Å². The van der Waals surface area contributed by atoms with Crippen molar-refractivity contribution in [1.29, 1.82) is 0 Å². The number of carbonyl (C=O) groups is 3. The lowest BCUT2D eigenvalue weighted by Crippen LogP contribution is -2.45. The van der Waals surface area contributed by atoms with Crippen LogP contribution in [0.3, 0.4) is 0 Å². The Morgan fingerprint density at radius 1 is 1.00 bits per heavy atom. The van der Waals surface area contributed by atoms with Gasteiger partial charge in [0, 0.05) is 53.4 Å². The van der Waals surface area contributed by atoms with E-state index < -0.39 is 16.8 Å². The summed E-state index contributed by atoms with van der Waals surface area (Å²) in [4.78, 5) is 52.2. The Kier molecular flexibility index (Phi) is 8.22. The van der Waals surface area contributed by atoms with Gasteiger partial charge in [-0.15, -0.1) is 0 Å². The molecule has 0 saturated carbocycles. The van der Waals surface area contributed by atoms with Crippen LogP contribution in [-0.4, -0.2) is 46.1 Å². The maximum absolute atomic E-state index is 13.9. The van der Waals surface area contributed by atoms with E-state index in [0.29, 0.717) is 56.9 Å². The number of nitrogens with zero attached hydrogens (tertiary/aromatic N) is 2. The number of hydrogen-bond donors (Lipinski definition) is 1. The van der Waals surface area contributed by atoms with Crippen LogP contribution >= 0.6 is 15.9 Å². The van der Waals surface area contributed by atoms with Crippen LogP contribution in [0.1, 0.15) is 70.4 Å². The Bertz CT molecular complexity index is 1580. The van der Waals surface area contributed by atoms with Crippen LogP contribution in [0.5, 0.6) is 11.5 Å². The molecule has 2 aromatic carbocycles. The zero-order valence-corrected chi connectivity index (χ0v) is 26.9. The maximum Gasteiger partial charge on any atom is 0.323 e. The van der Waals surface area contributed by atoms with E-state index in [0.717, 1.165) is 5.56 Å². The molecule has 1 heterocycles. The second-order valence-corrected chi connectivity index (χ2v) is 14.1. The van der Waals surface area contributed by atoms with E-state index in [4.69, 9.17) is 9.47 Å². The number of Topliss-reactive ketones (excluding diaryl/α,β-unsaturated/α-hetero) is 2. The molecule has 0 aromatic heterocycles. The SMILES string of the molecule is COc1cc(C2C3=C(CC(C)(C)CC3=O)N(CC(=O)O)C3=C2C(=O)CC(C)(C)C3)cc(Br)c1OCc1ccc([N+](=O)[O-])cc1. The normalized spacial score (nSPS) is 19.5. The number of ketones is 2. The van der Waals surface area contributed by atoms with Crippen LogP contribution in [0.25, 0.3) is 0 Å². The lowest BCUT2D eigenvalue weighted by Gasteiger charge is -2.48. The van der Waals surface area contributed by atoms with E-state index in [1.165, 1.54) is 19.2 Å². The van der Waals surface area contributed by atoms with Gasteiger partial charge in [0.1, 0.15) is 13.2 Å². The van der Waals surface area contributed by atoms with Gasteiger partial charge in [-0.3, -0.25) is 24.5 Å². The van der Waals surface area contributed by atoms with E-state index in [9.17, 15) is 29.6 Å². The molecular weight excluding hydrogens is 632 g/mol. The third kappa shape index (κ3) is 6.02. The molecule has 5 rings (SSSR count). The molecule has 0 atom stereocenters. The number of carboxylic acid groups (broad SMARTS) is 1. The van der Waals surface area contributed by atoms with Crippen LogP contribution in [-0.2, 0) is 21.0 Å². The molecule has 0 spiro atoms. The minimum atomic E-state index is -1.03. The van der Waals surface area contributed by atoms with Gasteiger partial charge in [-0.1, -0.05) is 27.7 Å². The Hall–Kier alpha value is -3.99. The Labute approximate surface area is 264 Å². The highest BCUT2D eigenvalue weighted by molar-refractivity contribution is 9.10. The van der Waals surface area contributed by atoms with Crippen molar-refractivity contribution in [1.82, 2.24) is 4.90 Å². The van der Waals surface area contributed by atoms with E-state index in [1.807, 2.05) is 33.8 Å². The van der Waals surface area contributed by atoms with Crippen molar-refractivity contribution >= 4 is 39.2 Å². The number of ether oxygens (including phenoxy) is 2. The number of rotatable bonds is 8. The highest BCUT2D eigenvalue weighted by atomic mass is 79.9. The summed E-state index contributed by atoms with van der Waals surface area (Å²) in [6, 6.07) is 9.64. The number of carbonyl (C=O) groups excluding carboxylic acids is 2. The Morgan fingerprint density at radius 2 is 1.55 bits per heavy atom. The number of halogens is 1. The topological polar surface area (TPSA) is 136 Å². The number of non-ortho nitro benzene ring substituents is 1. The zero-order valence-electron chi connectivity index (χ0n) is 25.4. The molecule has 232 valence electrons. The molecule has 1 N–H and O–H groups in total. The third-order valence-electron chi connectivity index (χ3n) is 8.43. The average Bonchev–Trinajstić information content (AvgIpc) is 2.91. The van der Waals surface area contributed by atoms with Gasteiger partial charge in [0.25, 0.3) is 5.69 Å². The number of carboxylic acids is 1. The van der Waals surface area contributed by atoms with Crippen molar-refractivity contribution in [3.63, 3.8) is 0 Å². The van der Waals surface area contributed by atoms with E-state index >= 15 is 0 Å². The van der Waals surface area contributed by atoms with Gasteiger partial charge in [0.05, 0.1) is 16.5 Å². The maximum atomic E-state index is 13.9. The molecule has 3 aliphatic rings. The summed E-state index contributed by atoms with van der Waals surface area (Å²) in [5.41, 5.74) is 2.86.